The van der Waals surface area contributed by atoms with Crippen LogP contribution in [0.3, 0.4) is 0 Å². The molecule has 2 N–H and O–H groups in total. The van der Waals surface area contributed by atoms with Crippen LogP contribution in [0.4, 0.5) is 5.13 Å². The van der Waals surface area contributed by atoms with Gasteiger partial charge < -0.3 is 20.4 Å². The minimum atomic E-state index is -0.0470. The highest BCUT2D eigenvalue weighted by atomic mass is 127. The van der Waals surface area contributed by atoms with Gasteiger partial charge in [0.15, 0.2) is 5.96 Å². The lowest BCUT2D eigenvalue weighted by molar-refractivity contribution is 0.0955. The van der Waals surface area contributed by atoms with Crippen LogP contribution in [0.1, 0.15) is 42.5 Å². The molecule has 1 fully saturated rings. The Labute approximate surface area is 205 Å². The van der Waals surface area contributed by atoms with E-state index in [1.165, 1.54) is 11.5 Å². The van der Waals surface area contributed by atoms with Crippen LogP contribution in [-0.4, -0.2) is 65.4 Å². The van der Waals surface area contributed by atoms with Crippen molar-refractivity contribution in [2.24, 2.45) is 4.99 Å². The summed E-state index contributed by atoms with van der Waals surface area (Å²) in [6.07, 6.45) is 0.870. The van der Waals surface area contributed by atoms with Crippen LogP contribution in [0, 0.1) is 0 Å². The number of guanidine groups is 1. The van der Waals surface area contributed by atoms with Gasteiger partial charge in [0.05, 0.1) is 6.54 Å². The molecule has 10 heteroatoms. The number of hydrogen-bond acceptors (Lipinski definition) is 6. The Morgan fingerprint density at radius 3 is 2.52 bits per heavy atom. The molecule has 0 unspecified atom stereocenters. The molecule has 2 aromatic rings. The largest absolute Gasteiger partial charge is 0.357 e. The fourth-order valence-corrected chi connectivity index (χ4v) is 4.09. The monoisotopic (exact) mass is 557 g/mol. The van der Waals surface area contributed by atoms with Crippen LogP contribution >= 0.6 is 35.5 Å². The molecule has 1 amide bonds. The highest BCUT2D eigenvalue weighted by Crippen LogP contribution is 2.19. The van der Waals surface area contributed by atoms with Crippen LogP contribution in [0.25, 0.3) is 0 Å². The number of halogens is 1. The average Bonchev–Trinajstić information content (AvgIpc) is 3.26. The first-order valence-corrected chi connectivity index (χ1v) is 11.4. The first-order chi connectivity index (χ1) is 14.6. The van der Waals surface area contributed by atoms with E-state index in [1.54, 1.807) is 0 Å². The summed E-state index contributed by atoms with van der Waals surface area (Å²) in [5.74, 6) is 1.78. The molecule has 170 valence electrons. The SMILES string of the molecule is CCNC(=O)c1cccc(CN=C(NCC)N2CCN(c3nc(CC)ns3)CC2)c1.I. The number of hydrogen-bond donors (Lipinski definition) is 2. The Hall–Kier alpha value is -1.95. The fraction of sp³-hybridized carbons (Fsp3) is 0.524. The summed E-state index contributed by atoms with van der Waals surface area (Å²) in [7, 11) is 0. The van der Waals surface area contributed by atoms with Crippen molar-refractivity contribution < 1.29 is 4.79 Å². The number of aliphatic imine (C=N–C) groups is 1. The van der Waals surface area contributed by atoms with E-state index in [2.05, 4.69) is 43.6 Å². The first-order valence-electron chi connectivity index (χ1n) is 10.6. The quantitative estimate of drug-likeness (QED) is 0.310. The third-order valence-corrected chi connectivity index (χ3v) is 5.71. The van der Waals surface area contributed by atoms with Crippen LogP contribution < -0.4 is 15.5 Å². The zero-order valence-electron chi connectivity index (χ0n) is 18.4. The van der Waals surface area contributed by atoms with Gasteiger partial charge in [-0.05, 0) is 31.5 Å². The van der Waals surface area contributed by atoms with Crippen molar-refractivity contribution in [1.82, 2.24) is 24.9 Å². The van der Waals surface area contributed by atoms with E-state index in [0.29, 0.717) is 18.7 Å². The molecule has 0 saturated carbocycles. The average molecular weight is 558 g/mol. The molecule has 1 aromatic heterocycles. The van der Waals surface area contributed by atoms with E-state index >= 15 is 0 Å². The lowest BCUT2D eigenvalue weighted by Gasteiger charge is -2.36. The van der Waals surface area contributed by atoms with Gasteiger partial charge in [-0.2, -0.15) is 4.37 Å². The summed E-state index contributed by atoms with van der Waals surface area (Å²) in [5, 5.41) is 7.25. The molecule has 0 aliphatic carbocycles. The third-order valence-electron chi connectivity index (χ3n) is 4.90. The Kier molecular flexibility index (Phi) is 10.4. The summed E-state index contributed by atoms with van der Waals surface area (Å²) in [5.41, 5.74) is 1.69. The molecule has 0 radical (unpaired) electrons. The molecule has 1 aliphatic rings. The number of piperazine rings is 1. The molecular formula is C21H32IN7OS. The molecule has 1 aliphatic heterocycles. The molecule has 8 nitrogen and oxygen atoms in total. The molecule has 31 heavy (non-hydrogen) atoms. The van der Waals surface area contributed by atoms with Gasteiger partial charge in [-0.15, -0.1) is 24.0 Å². The number of nitrogens with one attached hydrogen (secondary N) is 2. The summed E-state index contributed by atoms with van der Waals surface area (Å²) in [4.78, 5) is 26.1. The molecule has 1 saturated heterocycles. The fourth-order valence-electron chi connectivity index (χ4n) is 3.29. The van der Waals surface area contributed by atoms with E-state index in [1.807, 2.05) is 31.2 Å². The molecule has 2 heterocycles. The summed E-state index contributed by atoms with van der Waals surface area (Å²) in [6.45, 7) is 11.6. The van der Waals surface area contributed by atoms with E-state index in [-0.39, 0.29) is 29.9 Å². The lowest BCUT2D eigenvalue weighted by atomic mass is 10.1. The van der Waals surface area contributed by atoms with Crippen LogP contribution in [0.2, 0.25) is 0 Å². The molecule has 0 bridgehead atoms. The van der Waals surface area contributed by atoms with E-state index < -0.39 is 0 Å². The van der Waals surface area contributed by atoms with Gasteiger partial charge in [0.1, 0.15) is 5.82 Å². The summed E-state index contributed by atoms with van der Waals surface area (Å²) >= 11 is 1.48. The van der Waals surface area contributed by atoms with Gasteiger partial charge in [0, 0.05) is 62.8 Å². The lowest BCUT2D eigenvalue weighted by Crippen LogP contribution is -2.52. The van der Waals surface area contributed by atoms with E-state index in [0.717, 1.165) is 61.6 Å². The van der Waals surface area contributed by atoms with Gasteiger partial charge in [0.25, 0.3) is 5.91 Å². The topological polar surface area (TPSA) is 85.8 Å². The van der Waals surface area contributed by atoms with Crippen molar-refractivity contribution in [3.8, 4) is 0 Å². The van der Waals surface area contributed by atoms with Gasteiger partial charge in [-0.3, -0.25) is 4.79 Å². The van der Waals surface area contributed by atoms with Crippen molar-refractivity contribution in [2.75, 3.05) is 44.2 Å². The smallest absolute Gasteiger partial charge is 0.251 e. The van der Waals surface area contributed by atoms with Gasteiger partial charge in [-0.1, -0.05) is 19.1 Å². The predicted molar refractivity (Wildman–Crippen MR) is 138 cm³/mol. The standard InChI is InChI=1S/C21H31N7OS.HI/c1-4-18-25-21(30-26-18)28-12-10-27(11-13-28)20(23-6-3)24-15-16-8-7-9-17(14-16)19(29)22-5-2;/h7-9,14H,4-6,10-13,15H2,1-3H3,(H,22,29)(H,23,24);1H. The van der Waals surface area contributed by atoms with E-state index in [4.69, 9.17) is 4.99 Å². The highest BCUT2D eigenvalue weighted by molar-refractivity contribution is 14.0. The second kappa shape index (κ2) is 12.8. The van der Waals surface area contributed by atoms with Crippen molar-refractivity contribution in [1.29, 1.82) is 0 Å². The Bertz CT molecular complexity index is 865. The molecule has 3 rings (SSSR count). The normalized spacial score (nSPS) is 14.2. The Morgan fingerprint density at radius 1 is 1.13 bits per heavy atom. The number of nitrogens with zero attached hydrogens (tertiary/aromatic N) is 5. The van der Waals surface area contributed by atoms with Gasteiger partial charge in [-0.25, -0.2) is 9.98 Å². The minimum absolute atomic E-state index is 0. The first kappa shape index (κ1) is 25.3. The number of carbonyl (C=O) groups excluding carboxylic acids is 1. The maximum atomic E-state index is 12.1. The maximum Gasteiger partial charge on any atom is 0.251 e. The number of benzene rings is 1. The summed E-state index contributed by atoms with van der Waals surface area (Å²) < 4.78 is 4.40. The van der Waals surface area contributed by atoms with Crippen LogP contribution in [0.5, 0.6) is 0 Å². The van der Waals surface area contributed by atoms with Crippen LogP contribution in [-0.2, 0) is 13.0 Å². The maximum absolute atomic E-state index is 12.1. The molecule has 0 spiro atoms. The number of amides is 1. The number of anilines is 1. The van der Waals surface area contributed by atoms with Crippen molar-refractivity contribution in [3.63, 3.8) is 0 Å². The van der Waals surface area contributed by atoms with Crippen molar-refractivity contribution in [3.05, 3.63) is 41.2 Å². The van der Waals surface area contributed by atoms with Crippen molar-refractivity contribution >= 4 is 52.5 Å². The van der Waals surface area contributed by atoms with Crippen molar-refractivity contribution in [2.45, 2.75) is 33.7 Å². The second-order valence-corrected chi connectivity index (χ2v) is 7.78. The zero-order chi connectivity index (χ0) is 21.3. The Balaban J connectivity index is 0.00000341. The second-order valence-electron chi connectivity index (χ2n) is 7.05. The molecular weight excluding hydrogens is 525 g/mol. The van der Waals surface area contributed by atoms with Gasteiger partial charge >= 0.3 is 0 Å². The summed E-state index contributed by atoms with van der Waals surface area (Å²) in [6, 6.07) is 7.67. The third kappa shape index (κ3) is 7.03. The zero-order valence-corrected chi connectivity index (χ0v) is 21.6. The molecule has 0 atom stereocenters. The Morgan fingerprint density at radius 2 is 1.87 bits per heavy atom. The number of aryl methyl sites for hydroxylation is 1. The molecule has 1 aromatic carbocycles. The predicted octanol–water partition coefficient (Wildman–Crippen LogP) is 2.76. The highest BCUT2D eigenvalue weighted by Gasteiger charge is 2.22. The number of rotatable bonds is 7. The van der Waals surface area contributed by atoms with E-state index in [9.17, 15) is 4.79 Å². The van der Waals surface area contributed by atoms with Gasteiger partial charge in [0.2, 0.25) is 5.13 Å². The number of carbonyl (C=O) groups is 1. The number of aromatic nitrogens is 2. The van der Waals surface area contributed by atoms with Crippen LogP contribution in [0.15, 0.2) is 29.3 Å². The minimum Gasteiger partial charge on any atom is -0.357 e.